The molecule has 1 aliphatic rings. The average Bonchev–Trinajstić information content (AvgIpc) is 2.65. The third-order valence-electron chi connectivity index (χ3n) is 4.46. The van der Waals surface area contributed by atoms with Crippen LogP contribution in [0.2, 0.25) is 10.0 Å². The Hall–Kier alpha value is -1.67. The van der Waals surface area contributed by atoms with Gasteiger partial charge < -0.3 is 5.32 Å². The molecule has 5 nitrogen and oxygen atoms in total. The van der Waals surface area contributed by atoms with E-state index in [1.807, 2.05) is 0 Å². The number of rotatable bonds is 4. The van der Waals surface area contributed by atoms with Gasteiger partial charge in [-0.15, -0.1) is 0 Å². The van der Waals surface area contributed by atoms with E-state index < -0.39 is 15.8 Å². The molecule has 0 unspecified atom stereocenters. The molecule has 2 aromatic rings. The highest BCUT2D eigenvalue weighted by atomic mass is 35.5. The van der Waals surface area contributed by atoms with Crippen LogP contribution in [0.3, 0.4) is 0 Å². The Morgan fingerprint density at radius 3 is 2.30 bits per heavy atom. The number of hydrogen-bond acceptors (Lipinski definition) is 3. The second-order valence-corrected chi connectivity index (χ2v) is 9.03. The summed E-state index contributed by atoms with van der Waals surface area (Å²) in [5.74, 6) is -1.22. The Kier molecular flexibility index (Phi) is 6.05. The molecule has 0 bridgehead atoms. The van der Waals surface area contributed by atoms with Crippen LogP contribution in [0.4, 0.5) is 10.1 Å². The fourth-order valence-electron chi connectivity index (χ4n) is 2.93. The molecule has 9 heteroatoms. The zero-order valence-electron chi connectivity index (χ0n) is 14.2. The first kappa shape index (κ1) is 20.1. The number of amides is 1. The Balaban J connectivity index is 1.61. The maximum absolute atomic E-state index is 13.5. The summed E-state index contributed by atoms with van der Waals surface area (Å²) in [7, 11) is -3.62. The van der Waals surface area contributed by atoms with Gasteiger partial charge in [-0.05, 0) is 55.3 Å². The van der Waals surface area contributed by atoms with Gasteiger partial charge in [-0.25, -0.2) is 12.8 Å². The van der Waals surface area contributed by atoms with Gasteiger partial charge in [0.15, 0.2) is 0 Å². The Labute approximate surface area is 167 Å². The maximum Gasteiger partial charge on any atom is 0.243 e. The summed E-state index contributed by atoms with van der Waals surface area (Å²) in [6.45, 7) is 0.468. The molecule has 0 spiro atoms. The second kappa shape index (κ2) is 8.14. The summed E-state index contributed by atoms with van der Waals surface area (Å²) >= 11 is 11.4. The molecule has 1 N–H and O–H groups in total. The van der Waals surface area contributed by atoms with Crippen LogP contribution in [-0.4, -0.2) is 31.7 Å². The first-order valence-electron chi connectivity index (χ1n) is 8.29. The lowest BCUT2D eigenvalue weighted by atomic mass is 9.97. The summed E-state index contributed by atoms with van der Waals surface area (Å²) in [4.78, 5) is 12.6. The standard InChI is InChI=1S/C18H17Cl2FN2O3S/c19-13-1-4-15(5-2-13)27(25,26)23-9-7-12(8-10-23)18(24)22-14-3-6-16(20)17(21)11-14/h1-6,11-12H,7-10H2,(H,22,24). The molecule has 0 saturated carbocycles. The van der Waals surface area contributed by atoms with Crippen molar-refractivity contribution in [3.05, 3.63) is 58.3 Å². The Morgan fingerprint density at radius 1 is 1.07 bits per heavy atom. The van der Waals surface area contributed by atoms with E-state index in [2.05, 4.69) is 5.32 Å². The van der Waals surface area contributed by atoms with E-state index in [0.29, 0.717) is 23.6 Å². The van der Waals surface area contributed by atoms with Crippen LogP contribution in [0.5, 0.6) is 0 Å². The van der Waals surface area contributed by atoms with Crippen molar-refractivity contribution in [2.45, 2.75) is 17.7 Å². The molecule has 2 aromatic carbocycles. The highest BCUT2D eigenvalue weighted by molar-refractivity contribution is 7.89. The van der Waals surface area contributed by atoms with Crippen LogP contribution in [0.25, 0.3) is 0 Å². The van der Waals surface area contributed by atoms with Gasteiger partial charge in [0.25, 0.3) is 0 Å². The molecule has 0 atom stereocenters. The van der Waals surface area contributed by atoms with E-state index in [1.54, 1.807) is 0 Å². The lowest BCUT2D eigenvalue weighted by Crippen LogP contribution is -2.41. The zero-order chi connectivity index (χ0) is 19.6. The number of nitrogens with zero attached hydrogens (tertiary/aromatic N) is 1. The smallest absolute Gasteiger partial charge is 0.243 e. The molecular formula is C18H17Cl2FN2O3S. The van der Waals surface area contributed by atoms with Crippen molar-refractivity contribution >= 4 is 44.8 Å². The number of carbonyl (C=O) groups is 1. The number of nitrogens with one attached hydrogen (secondary N) is 1. The molecule has 27 heavy (non-hydrogen) atoms. The van der Waals surface area contributed by atoms with E-state index in [0.717, 1.165) is 6.07 Å². The number of hydrogen-bond donors (Lipinski definition) is 1. The second-order valence-electron chi connectivity index (χ2n) is 6.25. The minimum Gasteiger partial charge on any atom is -0.326 e. The zero-order valence-corrected chi connectivity index (χ0v) is 16.5. The van der Waals surface area contributed by atoms with Crippen molar-refractivity contribution < 1.29 is 17.6 Å². The van der Waals surface area contributed by atoms with E-state index >= 15 is 0 Å². The molecule has 1 heterocycles. The van der Waals surface area contributed by atoms with Gasteiger partial charge in [0.1, 0.15) is 5.82 Å². The van der Waals surface area contributed by atoms with Crippen LogP contribution in [-0.2, 0) is 14.8 Å². The third-order valence-corrected chi connectivity index (χ3v) is 6.93. The molecule has 1 aliphatic heterocycles. The van der Waals surface area contributed by atoms with Crippen LogP contribution in [0.15, 0.2) is 47.4 Å². The number of anilines is 1. The normalized spacial score (nSPS) is 16.3. The molecular weight excluding hydrogens is 414 g/mol. The average molecular weight is 431 g/mol. The molecule has 1 amide bonds. The van der Waals surface area contributed by atoms with E-state index in [4.69, 9.17) is 23.2 Å². The minimum absolute atomic E-state index is 0.0197. The van der Waals surface area contributed by atoms with Crippen molar-refractivity contribution in [1.82, 2.24) is 4.31 Å². The fourth-order valence-corrected chi connectivity index (χ4v) is 4.65. The predicted molar refractivity (Wildman–Crippen MR) is 103 cm³/mol. The van der Waals surface area contributed by atoms with E-state index in [-0.39, 0.29) is 34.8 Å². The highest BCUT2D eigenvalue weighted by Gasteiger charge is 2.32. The number of carbonyl (C=O) groups excluding carboxylic acids is 1. The summed E-state index contributed by atoms with van der Waals surface area (Å²) in [6.07, 6.45) is 0.767. The van der Waals surface area contributed by atoms with Gasteiger partial charge in [0.2, 0.25) is 15.9 Å². The molecule has 0 aromatic heterocycles. The quantitative estimate of drug-likeness (QED) is 0.790. The van der Waals surface area contributed by atoms with Gasteiger partial charge in [-0.3, -0.25) is 4.79 Å². The SMILES string of the molecule is O=C(Nc1ccc(Cl)c(F)c1)C1CCN(S(=O)(=O)c2ccc(Cl)cc2)CC1. The molecule has 1 saturated heterocycles. The van der Waals surface area contributed by atoms with Gasteiger partial charge in [0, 0.05) is 29.7 Å². The van der Waals surface area contributed by atoms with Crippen LogP contribution in [0, 0.1) is 11.7 Å². The summed E-state index contributed by atoms with van der Waals surface area (Å²) < 4.78 is 40.2. The number of piperidine rings is 1. The lowest BCUT2D eigenvalue weighted by Gasteiger charge is -2.30. The third kappa shape index (κ3) is 4.60. The minimum atomic E-state index is -3.62. The van der Waals surface area contributed by atoms with Gasteiger partial charge >= 0.3 is 0 Å². The lowest BCUT2D eigenvalue weighted by molar-refractivity contribution is -0.120. The summed E-state index contributed by atoms with van der Waals surface area (Å²) in [5.41, 5.74) is 0.318. The topological polar surface area (TPSA) is 66.5 Å². The predicted octanol–water partition coefficient (Wildman–Crippen LogP) is 4.17. The first-order chi connectivity index (χ1) is 12.8. The molecule has 3 rings (SSSR count). The monoisotopic (exact) mass is 430 g/mol. The van der Waals surface area contributed by atoms with Crippen LogP contribution >= 0.6 is 23.2 Å². The molecule has 0 aliphatic carbocycles. The molecule has 0 radical (unpaired) electrons. The summed E-state index contributed by atoms with van der Waals surface area (Å²) in [6, 6.07) is 10.0. The number of benzene rings is 2. The Morgan fingerprint density at radius 2 is 1.70 bits per heavy atom. The van der Waals surface area contributed by atoms with Gasteiger partial charge in [0.05, 0.1) is 9.92 Å². The van der Waals surface area contributed by atoms with Gasteiger partial charge in [-0.2, -0.15) is 4.31 Å². The fraction of sp³-hybridized carbons (Fsp3) is 0.278. The summed E-state index contributed by atoms with van der Waals surface area (Å²) in [5, 5.41) is 3.09. The van der Waals surface area contributed by atoms with Crippen molar-refractivity contribution in [1.29, 1.82) is 0 Å². The molecule has 144 valence electrons. The van der Waals surface area contributed by atoms with E-state index in [1.165, 1.54) is 40.7 Å². The van der Waals surface area contributed by atoms with Crippen LogP contribution < -0.4 is 5.32 Å². The van der Waals surface area contributed by atoms with Crippen molar-refractivity contribution in [2.75, 3.05) is 18.4 Å². The van der Waals surface area contributed by atoms with Crippen LogP contribution in [0.1, 0.15) is 12.8 Å². The van der Waals surface area contributed by atoms with Crippen molar-refractivity contribution in [3.8, 4) is 0 Å². The maximum atomic E-state index is 13.5. The number of halogens is 3. The molecule has 1 fully saturated rings. The highest BCUT2D eigenvalue weighted by Crippen LogP contribution is 2.26. The van der Waals surface area contributed by atoms with Crippen molar-refractivity contribution in [3.63, 3.8) is 0 Å². The largest absolute Gasteiger partial charge is 0.326 e. The van der Waals surface area contributed by atoms with Gasteiger partial charge in [-0.1, -0.05) is 23.2 Å². The Bertz CT molecular complexity index is 944. The van der Waals surface area contributed by atoms with E-state index in [9.17, 15) is 17.6 Å². The van der Waals surface area contributed by atoms with Crippen molar-refractivity contribution in [2.24, 2.45) is 5.92 Å². The first-order valence-corrected chi connectivity index (χ1v) is 10.5. The number of sulfonamides is 1.